The van der Waals surface area contributed by atoms with Gasteiger partial charge in [-0.2, -0.15) is 11.8 Å². The quantitative estimate of drug-likeness (QED) is 0.658. The number of carbonyl (C=O) groups excluding carboxylic acids is 2. The van der Waals surface area contributed by atoms with E-state index >= 15 is 0 Å². The van der Waals surface area contributed by atoms with E-state index in [9.17, 15) is 9.59 Å². The van der Waals surface area contributed by atoms with Gasteiger partial charge in [-0.15, -0.1) is 0 Å². The predicted octanol–water partition coefficient (Wildman–Crippen LogP) is 1.11. The number of aliphatic hydroxyl groups excluding tert-OH is 1. The molecule has 1 aliphatic rings. The summed E-state index contributed by atoms with van der Waals surface area (Å²) in [6.07, 6.45) is 2.34. The SMILES string of the molecule is CC(C)C(=O)N1CCC(C(=O)NCCSCCCO)CC1. The molecule has 21 heavy (non-hydrogen) atoms. The van der Waals surface area contributed by atoms with Crippen LogP contribution in [-0.2, 0) is 9.59 Å². The third-order valence-electron chi connectivity index (χ3n) is 3.66. The van der Waals surface area contributed by atoms with Gasteiger partial charge < -0.3 is 15.3 Å². The van der Waals surface area contributed by atoms with Crippen LogP contribution in [0.4, 0.5) is 0 Å². The fourth-order valence-corrected chi connectivity index (χ4v) is 3.17. The third kappa shape index (κ3) is 6.70. The molecule has 0 bridgehead atoms. The summed E-state index contributed by atoms with van der Waals surface area (Å²) < 4.78 is 0. The van der Waals surface area contributed by atoms with E-state index in [2.05, 4.69) is 5.32 Å². The zero-order valence-corrected chi connectivity index (χ0v) is 14.0. The van der Waals surface area contributed by atoms with E-state index in [0.29, 0.717) is 19.6 Å². The Kier molecular flexibility index (Phi) is 8.76. The van der Waals surface area contributed by atoms with Crippen LogP contribution in [0.5, 0.6) is 0 Å². The monoisotopic (exact) mass is 316 g/mol. The van der Waals surface area contributed by atoms with Crippen LogP contribution >= 0.6 is 11.8 Å². The molecule has 0 radical (unpaired) electrons. The Hall–Kier alpha value is -0.750. The van der Waals surface area contributed by atoms with E-state index < -0.39 is 0 Å². The zero-order valence-electron chi connectivity index (χ0n) is 13.1. The predicted molar refractivity (Wildman–Crippen MR) is 86.2 cm³/mol. The normalized spacial score (nSPS) is 16.3. The maximum Gasteiger partial charge on any atom is 0.225 e. The number of rotatable bonds is 8. The highest BCUT2D eigenvalue weighted by Gasteiger charge is 2.27. The Morgan fingerprint density at radius 3 is 2.52 bits per heavy atom. The Labute approximate surface area is 131 Å². The molecule has 122 valence electrons. The lowest BCUT2D eigenvalue weighted by Crippen LogP contribution is -2.44. The van der Waals surface area contributed by atoms with Crippen molar-refractivity contribution in [1.82, 2.24) is 10.2 Å². The van der Waals surface area contributed by atoms with Gasteiger partial charge in [0, 0.05) is 43.8 Å². The molecule has 1 rings (SSSR count). The van der Waals surface area contributed by atoms with Crippen LogP contribution in [0.2, 0.25) is 0 Å². The van der Waals surface area contributed by atoms with Gasteiger partial charge in [-0.3, -0.25) is 9.59 Å². The second kappa shape index (κ2) is 10.1. The molecule has 0 spiro atoms. The Morgan fingerprint density at radius 1 is 1.29 bits per heavy atom. The van der Waals surface area contributed by atoms with Gasteiger partial charge in [0.25, 0.3) is 0 Å². The van der Waals surface area contributed by atoms with Gasteiger partial charge in [0.15, 0.2) is 0 Å². The van der Waals surface area contributed by atoms with Crippen LogP contribution < -0.4 is 5.32 Å². The molecule has 0 aromatic rings. The molecule has 0 aromatic carbocycles. The summed E-state index contributed by atoms with van der Waals surface area (Å²) in [5.41, 5.74) is 0. The van der Waals surface area contributed by atoms with Gasteiger partial charge in [-0.25, -0.2) is 0 Å². The van der Waals surface area contributed by atoms with Crippen LogP contribution in [-0.4, -0.2) is 59.6 Å². The number of likely N-dealkylation sites (tertiary alicyclic amines) is 1. The minimum atomic E-state index is 0.0336. The number of thioether (sulfide) groups is 1. The van der Waals surface area contributed by atoms with Gasteiger partial charge in [0.2, 0.25) is 11.8 Å². The first-order valence-corrected chi connectivity index (χ1v) is 8.96. The molecule has 0 aromatic heterocycles. The van der Waals surface area contributed by atoms with Crippen molar-refractivity contribution in [2.24, 2.45) is 11.8 Å². The number of nitrogens with one attached hydrogen (secondary N) is 1. The van der Waals surface area contributed by atoms with Crippen LogP contribution in [0.15, 0.2) is 0 Å². The topological polar surface area (TPSA) is 69.6 Å². The Balaban J connectivity index is 2.16. The van der Waals surface area contributed by atoms with Crippen LogP contribution in [0.25, 0.3) is 0 Å². The van der Waals surface area contributed by atoms with E-state index in [1.165, 1.54) is 0 Å². The third-order valence-corrected chi connectivity index (χ3v) is 4.73. The van der Waals surface area contributed by atoms with Gasteiger partial charge in [0.1, 0.15) is 0 Å². The summed E-state index contributed by atoms with van der Waals surface area (Å²) in [6, 6.07) is 0. The molecule has 0 unspecified atom stereocenters. The van der Waals surface area contributed by atoms with E-state index in [1.54, 1.807) is 11.8 Å². The van der Waals surface area contributed by atoms with E-state index in [-0.39, 0.29) is 30.3 Å². The summed E-state index contributed by atoms with van der Waals surface area (Å²) in [6.45, 7) is 6.12. The standard InChI is InChI=1S/C15H28N2O3S/c1-12(2)15(20)17-7-4-13(5-8-17)14(19)16-6-11-21-10-3-9-18/h12-13,18H,3-11H2,1-2H3,(H,16,19). The second-order valence-corrected chi connectivity index (χ2v) is 6.96. The molecule has 1 saturated heterocycles. The molecule has 0 aliphatic carbocycles. The number of aliphatic hydroxyl groups is 1. The molecular weight excluding hydrogens is 288 g/mol. The lowest BCUT2D eigenvalue weighted by atomic mass is 9.95. The van der Waals surface area contributed by atoms with Crippen molar-refractivity contribution < 1.29 is 14.7 Å². The average molecular weight is 316 g/mol. The fraction of sp³-hybridized carbons (Fsp3) is 0.867. The van der Waals surface area contributed by atoms with Crippen molar-refractivity contribution in [3.63, 3.8) is 0 Å². The molecule has 2 N–H and O–H groups in total. The average Bonchev–Trinajstić information content (AvgIpc) is 2.49. The first-order valence-electron chi connectivity index (χ1n) is 7.81. The second-order valence-electron chi connectivity index (χ2n) is 5.73. The highest BCUT2D eigenvalue weighted by Crippen LogP contribution is 2.19. The molecule has 0 saturated carbocycles. The largest absolute Gasteiger partial charge is 0.396 e. The van der Waals surface area contributed by atoms with E-state index in [4.69, 9.17) is 5.11 Å². The first-order chi connectivity index (χ1) is 10.1. The van der Waals surface area contributed by atoms with Crippen molar-refractivity contribution in [1.29, 1.82) is 0 Å². The van der Waals surface area contributed by atoms with Gasteiger partial charge in [-0.1, -0.05) is 13.8 Å². The molecule has 1 heterocycles. The number of nitrogens with zero attached hydrogens (tertiary/aromatic N) is 1. The minimum Gasteiger partial charge on any atom is -0.396 e. The summed E-state index contributed by atoms with van der Waals surface area (Å²) >= 11 is 1.75. The first kappa shape index (κ1) is 18.3. The zero-order chi connectivity index (χ0) is 15.7. The maximum atomic E-state index is 12.0. The van der Waals surface area contributed by atoms with Gasteiger partial charge in [-0.05, 0) is 25.0 Å². The summed E-state index contributed by atoms with van der Waals surface area (Å²) in [7, 11) is 0. The number of hydrogen-bond donors (Lipinski definition) is 2. The number of carbonyl (C=O) groups is 2. The van der Waals surface area contributed by atoms with Gasteiger partial charge in [0.05, 0.1) is 0 Å². The van der Waals surface area contributed by atoms with Gasteiger partial charge >= 0.3 is 0 Å². The molecule has 1 aliphatic heterocycles. The van der Waals surface area contributed by atoms with Crippen LogP contribution in [0.1, 0.15) is 33.1 Å². The molecule has 5 nitrogen and oxygen atoms in total. The molecular formula is C15H28N2O3S. The Bertz CT molecular complexity index is 329. The van der Waals surface area contributed by atoms with Crippen molar-refractivity contribution >= 4 is 23.6 Å². The number of piperidine rings is 1. The highest BCUT2D eigenvalue weighted by molar-refractivity contribution is 7.99. The summed E-state index contributed by atoms with van der Waals surface area (Å²) in [5.74, 6) is 2.21. The van der Waals surface area contributed by atoms with Crippen LogP contribution in [0.3, 0.4) is 0 Å². The van der Waals surface area contributed by atoms with Crippen molar-refractivity contribution in [3.05, 3.63) is 0 Å². The minimum absolute atomic E-state index is 0.0336. The lowest BCUT2D eigenvalue weighted by Gasteiger charge is -2.32. The van der Waals surface area contributed by atoms with Crippen LogP contribution in [0, 0.1) is 11.8 Å². The number of amides is 2. The molecule has 1 fully saturated rings. The van der Waals surface area contributed by atoms with E-state index in [0.717, 1.165) is 30.8 Å². The highest BCUT2D eigenvalue weighted by atomic mass is 32.2. The van der Waals surface area contributed by atoms with E-state index in [1.807, 2.05) is 18.7 Å². The number of hydrogen-bond acceptors (Lipinski definition) is 4. The molecule has 0 atom stereocenters. The molecule has 6 heteroatoms. The summed E-state index contributed by atoms with van der Waals surface area (Å²) in [4.78, 5) is 25.8. The lowest BCUT2D eigenvalue weighted by molar-refractivity contribution is -0.138. The Morgan fingerprint density at radius 2 is 1.95 bits per heavy atom. The van der Waals surface area contributed by atoms with Crippen molar-refractivity contribution in [2.45, 2.75) is 33.1 Å². The van der Waals surface area contributed by atoms with Crippen molar-refractivity contribution in [2.75, 3.05) is 37.7 Å². The smallest absolute Gasteiger partial charge is 0.225 e. The summed E-state index contributed by atoms with van der Waals surface area (Å²) in [5, 5.41) is 11.6. The molecule has 2 amide bonds. The van der Waals surface area contributed by atoms with Crippen molar-refractivity contribution in [3.8, 4) is 0 Å². The maximum absolute atomic E-state index is 12.0. The fourth-order valence-electron chi connectivity index (χ4n) is 2.39.